The molecule has 1 amide bonds. The molecule has 0 bridgehead atoms. The molecule has 1 aromatic heterocycles. The lowest BCUT2D eigenvalue weighted by Gasteiger charge is -2.36. The minimum atomic E-state index is -0.532. The van der Waals surface area contributed by atoms with Gasteiger partial charge in [-0.3, -0.25) is 4.79 Å². The van der Waals surface area contributed by atoms with Crippen LogP contribution in [0.2, 0.25) is 10.0 Å². The number of hydrogen-bond acceptors (Lipinski definition) is 6. The lowest BCUT2D eigenvalue weighted by molar-refractivity contribution is 0.0674. The fraction of sp³-hybridized carbons (Fsp3) is 0.320. The van der Waals surface area contributed by atoms with E-state index in [1.165, 1.54) is 12.1 Å². The molecule has 1 radical (unpaired) electrons. The van der Waals surface area contributed by atoms with Crippen LogP contribution < -0.4 is 15.4 Å². The molecule has 10 heteroatoms. The number of carbonyl (C=O) groups excluding carboxylic acids is 1. The second-order valence-electron chi connectivity index (χ2n) is 8.49. The van der Waals surface area contributed by atoms with Crippen LogP contribution in [0.15, 0.2) is 42.5 Å². The second-order valence-corrected chi connectivity index (χ2v) is 9.27. The topological polar surface area (TPSA) is 79.4 Å². The van der Waals surface area contributed by atoms with Crippen LogP contribution in [0.4, 0.5) is 15.9 Å². The van der Waals surface area contributed by atoms with Crippen molar-refractivity contribution in [1.82, 2.24) is 20.4 Å². The lowest BCUT2D eigenvalue weighted by atomic mass is 10.1. The number of amides is 1. The Morgan fingerprint density at radius 1 is 1.20 bits per heavy atom. The van der Waals surface area contributed by atoms with E-state index in [9.17, 15) is 9.18 Å². The molecule has 0 spiro atoms. The highest BCUT2D eigenvalue weighted by molar-refractivity contribution is 6.36. The van der Waals surface area contributed by atoms with E-state index in [1.807, 2.05) is 4.90 Å². The zero-order valence-corrected chi connectivity index (χ0v) is 20.8. The first-order valence-corrected chi connectivity index (χ1v) is 12.0. The summed E-state index contributed by atoms with van der Waals surface area (Å²) in [6.07, 6.45) is 2.94. The molecule has 0 unspecified atom stereocenters. The van der Waals surface area contributed by atoms with Gasteiger partial charge in [0.15, 0.2) is 11.6 Å². The molecular weight excluding hydrogens is 492 g/mol. The van der Waals surface area contributed by atoms with Gasteiger partial charge < -0.3 is 20.3 Å². The Labute approximate surface area is 213 Å². The molecule has 2 aromatic carbocycles. The molecular formula is C25H25Cl2FN5O2. The Kier molecular flexibility index (Phi) is 8.05. The largest absolute Gasteiger partial charge is 0.489 e. The van der Waals surface area contributed by atoms with Crippen molar-refractivity contribution >= 4 is 40.6 Å². The molecule has 1 aliphatic rings. The Balaban J connectivity index is 1.39. The van der Waals surface area contributed by atoms with Gasteiger partial charge in [-0.05, 0) is 55.8 Å². The molecule has 1 saturated heterocycles. The van der Waals surface area contributed by atoms with Gasteiger partial charge in [-0.2, -0.15) is 0 Å². The predicted octanol–water partition coefficient (Wildman–Crippen LogP) is 4.91. The van der Waals surface area contributed by atoms with Gasteiger partial charge in [0.25, 0.3) is 5.91 Å². The van der Waals surface area contributed by atoms with Crippen LogP contribution in [-0.2, 0) is 6.42 Å². The SMILES string of the molecule is C[C@@H]1CN(C(=O)c2ccc(Nc3nn[c]cc3OCCc3c(Cl)ccc(F)c3Cl)cc2)C[C@H](C)N1. The standard InChI is InChI=1S/C25H25Cl2FN5O2/c1-15-13-33(14-16(2)30-15)25(34)17-3-5-18(6-4-17)31-24-22(9-11-29-32-24)35-12-10-19-20(26)7-8-21(28)23(19)27/h3-9,15-16,30H,10,12-14H2,1-2H3,(H,31,32)/t15-,16+. The van der Waals surface area contributed by atoms with Crippen molar-refractivity contribution in [2.24, 2.45) is 0 Å². The average molecular weight is 517 g/mol. The van der Waals surface area contributed by atoms with Gasteiger partial charge in [-0.15, -0.1) is 10.2 Å². The molecule has 183 valence electrons. The molecule has 7 nitrogen and oxygen atoms in total. The van der Waals surface area contributed by atoms with E-state index in [4.69, 9.17) is 27.9 Å². The van der Waals surface area contributed by atoms with Crippen molar-refractivity contribution < 1.29 is 13.9 Å². The Morgan fingerprint density at radius 2 is 1.91 bits per heavy atom. The number of carbonyl (C=O) groups is 1. The molecule has 0 saturated carbocycles. The number of piperazine rings is 1. The Morgan fingerprint density at radius 3 is 2.63 bits per heavy atom. The van der Waals surface area contributed by atoms with Gasteiger partial charge in [-0.25, -0.2) is 4.39 Å². The van der Waals surface area contributed by atoms with Crippen LogP contribution in [0, 0.1) is 12.0 Å². The van der Waals surface area contributed by atoms with Crippen LogP contribution >= 0.6 is 23.2 Å². The summed E-state index contributed by atoms with van der Waals surface area (Å²) in [5, 5.41) is 14.8. The molecule has 2 N–H and O–H groups in total. The summed E-state index contributed by atoms with van der Waals surface area (Å²) in [4.78, 5) is 14.8. The minimum Gasteiger partial charge on any atom is -0.489 e. The van der Waals surface area contributed by atoms with E-state index in [-0.39, 0.29) is 29.6 Å². The van der Waals surface area contributed by atoms with Gasteiger partial charge in [0.05, 0.1) is 11.6 Å². The summed E-state index contributed by atoms with van der Waals surface area (Å²) < 4.78 is 19.6. The van der Waals surface area contributed by atoms with Gasteiger partial charge in [0, 0.05) is 53.9 Å². The maximum atomic E-state index is 13.7. The molecule has 1 fully saturated rings. The van der Waals surface area contributed by atoms with Crippen molar-refractivity contribution in [3.8, 4) is 5.75 Å². The van der Waals surface area contributed by atoms with Crippen LogP contribution in [0.1, 0.15) is 29.8 Å². The van der Waals surface area contributed by atoms with Crippen molar-refractivity contribution in [3.63, 3.8) is 0 Å². The quantitative estimate of drug-likeness (QED) is 0.434. The lowest BCUT2D eigenvalue weighted by Crippen LogP contribution is -2.55. The summed E-state index contributed by atoms with van der Waals surface area (Å²) in [6, 6.07) is 11.9. The Hall–Kier alpha value is -2.94. The molecule has 4 rings (SSSR count). The van der Waals surface area contributed by atoms with Crippen molar-refractivity contribution in [3.05, 3.63) is 75.7 Å². The number of nitrogens with one attached hydrogen (secondary N) is 2. The van der Waals surface area contributed by atoms with Gasteiger partial charge in [0.2, 0.25) is 0 Å². The molecule has 0 aliphatic carbocycles. The number of rotatable bonds is 7. The summed E-state index contributed by atoms with van der Waals surface area (Å²) in [6.45, 7) is 5.68. The van der Waals surface area contributed by atoms with Crippen molar-refractivity contribution in [1.29, 1.82) is 0 Å². The average Bonchev–Trinajstić information content (AvgIpc) is 2.84. The normalized spacial score (nSPS) is 17.8. The van der Waals surface area contributed by atoms with Crippen LogP contribution in [-0.4, -0.2) is 52.8 Å². The summed E-state index contributed by atoms with van der Waals surface area (Å²) in [7, 11) is 0. The number of nitrogens with zero attached hydrogens (tertiary/aromatic N) is 3. The molecule has 2 heterocycles. The number of ether oxygens (including phenoxy) is 1. The molecule has 3 aromatic rings. The van der Waals surface area contributed by atoms with Crippen molar-refractivity contribution in [2.45, 2.75) is 32.4 Å². The third-order valence-electron chi connectivity index (χ3n) is 5.62. The number of aromatic nitrogens is 2. The summed E-state index contributed by atoms with van der Waals surface area (Å²) in [5.41, 5.74) is 1.80. The molecule has 2 atom stereocenters. The smallest absolute Gasteiger partial charge is 0.253 e. The first-order chi connectivity index (χ1) is 16.8. The number of hydrogen-bond donors (Lipinski definition) is 2. The van der Waals surface area contributed by atoms with E-state index >= 15 is 0 Å². The van der Waals surface area contributed by atoms with Crippen LogP contribution in [0.3, 0.4) is 0 Å². The first kappa shape index (κ1) is 25.2. The second kappa shape index (κ2) is 11.2. The number of halogens is 3. The van der Waals surface area contributed by atoms with E-state index < -0.39 is 5.82 Å². The number of anilines is 2. The van der Waals surface area contributed by atoms with Gasteiger partial charge in [0.1, 0.15) is 12.0 Å². The highest BCUT2D eigenvalue weighted by atomic mass is 35.5. The minimum absolute atomic E-state index is 0.00421. The van der Waals surface area contributed by atoms with Crippen LogP contribution in [0.5, 0.6) is 5.75 Å². The van der Waals surface area contributed by atoms with E-state index in [0.29, 0.717) is 52.9 Å². The van der Waals surface area contributed by atoms with E-state index in [1.54, 1.807) is 30.3 Å². The molecule has 35 heavy (non-hydrogen) atoms. The van der Waals surface area contributed by atoms with Gasteiger partial charge >= 0.3 is 0 Å². The first-order valence-electron chi connectivity index (χ1n) is 11.2. The van der Waals surface area contributed by atoms with E-state index in [2.05, 4.69) is 40.9 Å². The summed E-state index contributed by atoms with van der Waals surface area (Å²) in [5.74, 6) is 0.261. The van der Waals surface area contributed by atoms with E-state index in [0.717, 1.165) is 0 Å². The zero-order chi connectivity index (χ0) is 24.9. The Bertz CT molecular complexity index is 1180. The zero-order valence-electron chi connectivity index (χ0n) is 19.3. The highest BCUT2D eigenvalue weighted by Gasteiger charge is 2.25. The molecule has 1 aliphatic heterocycles. The monoisotopic (exact) mass is 516 g/mol. The fourth-order valence-electron chi connectivity index (χ4n) is 4.05. The predicted molar refractivity (Wildman–Crippen MR) is 134 cm³/mol. The summed E-state index contributed by atoms with van der Waals surface area (Å²) >= 11 is 12.2. The van der Waals surface area contributed by atoms with Crippen molar-refractivity contribution in [2.75, 3.05) is 25.0 Å². The highest BCUT2D eigenvalue weighted by Crippen LogP contribution is 2.29. The third-order valence-corrected chi connectivity index (χ3v) is 6.39. The maximum absolute atomic E-state index is 13.7. The maximum Gasteiger partial charge on any atom is 0.253 e. The van der Waals surface area contributed by atoms with Crippen LogP contribution in [0.25, 0.3) is 0 Å². The number of benzene rings is 2. The fourth-order valence-corrected chi connectivity index (χ4v) is 4.61. The third kappa shape index (κ3) is 6.20. The van der Waals surface area contributed by atoms with Gasteiger partial charge in [-0.1, -0.05) is 23.2 Å².